The Labute approximate surface area is 94.0 Å². The lowest BCUT2D eigenvalue weighted by atomic mass is 10.1. The van der Waals surface area contributed by atoms with Gasteiger partial charge in [0.25, 0.3) is 0 Å². The molecule has 1 nitrogen and oxygen atoms in total. The maximum atomic E-state index is 3.54. The molecular formula is C12H14BrN. The summed E-state index contributed by atoms with van der Waals surface area (Å²) in [5.74, 6) is 5.84. The van der Waals surface area contributed by atoms with Crippen molar-refractivity contribution < 1.29 is 0 Å². The van der Waals surface area contributed by atoms with E-state index >= 15 is 0 Å². The summed E-state index contributed by atoms with van der Waals surface area (Å²) in [6.45, 7) is 6.73. The first kappa shape index (κ1) is 11.1. The number of nitrogens with one attached hydrogen (secondary N) is 1. The van der Waals surface area contributed by atoms with Gasteiger partial charge in [0, 0.05) is 4.47 Å². The van der Waals surface area contributed by atoms with Crippen LogP contribution in [0.5, 0.6) is 0 Å². The Morgan fingerprint density at radius 1 is 1.36 bits per heavy atom. The summed E-state index contributed by atoms with van der Waals surface area (Å²) in [5.41, 5.74) is 3.65. The van der Waals surface area contributed by atoms with Gasteiger partial charge in [-0.15, -0.1) is 5.92 Å². The van der Waals surface area contributed by atoms with Crippen molar-refractivity contribution in [1.29, 1.82) is 0 Å². The predicted molar refractivity (Wildman–Crippen MR) is 65.6 cm³/mol. The summed E-state index contributed by atoms with van der Waals surface area (Å²) < 4.78 is 1.10. The molecule has 0 fully saturated rings. The lowest BCUT2D eigenvalue weighted by Gasteiger charge is -2.10. The Kier molecular flexibility index (Phi) is 4.03. The molecule has 0 unspecified atom stereocenters. The number of hydrogen-bond acceptors (Lipinski definition) is 1. The molecule has 1 aromatic rings. The summed E-state index contributed by atoms with van der Waals surface area (Å²) in [7, 11) is 0. The molecule has 1 N–H and O–H groups in total. The van der Waals surface area contributed by atoms with Gasteiger partial charge in [0.1, 0.15) is 0 Å². The molecule has 1 rings (SSSR count). The molecular weight excluding hydrogens is 238 g/mol. The van der Waals surface area contributed by atoms with E-state index in [4.69, 9.17) is 0 Å². The first-order valence-corrected chi connectivity index (χ1v) is 5.34. The van der Waals surface area contributed by atoms with Crippen molar-refractivity contribution in [1.82, 2.24) is 0 Å². The third-order valence-electron chi connectivity index (χ3n) is 1.96. The van der Waals surface area contributed by atoms with E-state index in [9.17, 15) is 0 Å². The zero-order chi connectivity index (χ0) is 10.6. The smallest absolute Gasteiger partial charge is 0.0766 e. The predicted octanol–water partition coefficient (Wildman–Crippen LogP) is 3.50. The fourth-order valence-corrected chi connectivity index (χ4v) is 2.17. The van der Waals surface area contributed by atoms with Crippen molar-refractivity contribution in [3.8, 4) is 11.8 Å². The minimum absolute atomic E-state index is 0.693. The normalized spacial score (nSPS) is 9.14. The highest BCUT2D eigenvalue weighted by Crippen LogP contribution is 2.27. The molecule has 0 aromatic heterocycles. The molecule has 0 bridgehead atoms. The van der Waals surface area contributed by atoms with Crippen LogP contribution < -0.4 is 5.32 Å². The Bertz CT molecular complexity index is 362. The number of aryl methyl sites for hydroxylation is 2. The molecule has 0 radical (unpaired) electrons. The number of anilines is 1. The highest BCUT2D eigenvalue weighted by Gasteiger charge is 2.02. The van der Waals surface area contributed by atoms with E-state index in [0.717, 1.165) is 10.2 Å². The highest BCUT2D eigenvalue weighted by molar-refractivity contribution is 9.10. The summed E-state index contributed by atoms with van der Waals surface area (Å²) in [5, 5.41) is 3.29. The van der Waals surface area contributed by atoms with Crippen molar-refractivity contribution >= 4 is 21.6 Å². The van der Waals surface area contributed by atoms with Crippen LogP contribution in [0.2, 0.25) is 0 Å². The molecule has 0 spiro atoms. The van der Waals surface area contributed by atoms with Crippen molar-refractivity contribution in [2.24, 2.45) is 0 Å². The van der Waals surface area contributed by atoms with E-state index in [2.05, 4.69) is 59.1 Å². The first-order valence-electron chi connectivity index (χ1n) is 4.55. The zero-order valence-electron chi connectivity index (χ0n) is 8.74. The number of benzene rings is 1. The molecule has 0 saturated heterocycles. The fourth-order valence-electron chi connectivity index (χ4n) is 1.36. The van der Waals surface area contributed by atoms with Crippen LogP contribution in [-0.2, 0) is 0 Å². The average molecular weight is 252 g/mol. The van der Waals surface area contributed by atoms with E-state index in [-0.39, 0.29) is 0 Å². The summed E-state index contributed by atoms with van der Waals surface area (Å²) >= 11 is 3.54. The van der Waals surface area contributed by atoms with E-state index in [1.165, 1.54) is 11.1 Å². The second-order valence-electron chi connectivity index (χ2n) is 3.22. The minimum Gasteiger partial charge on any atom is -0.373 e. The van der Waals surface area contributed by atoms with Gasteiger partial charge in [0.05, 0.1) is 12.2 Å². The van der Waals surface area contributed by atoms with E-state index in [1.807, 2.05) is 6.92 Å². The van der Waals surface area contributed by atoms with E-state index in [1.54, 1.807) is 0 Å². The average Bonchev–Trinajstić information content (AvgIpc) is 2.09. The lowest BCUT2D eigenvalue weighted by Crippen LogP contribution is -2.01. The standard InChI is InChI=1S/C12H14BrN/c1-4-5-6-14-12-10(3)7-9(2)8-11(12)13/h7-8,14H,6H2,1-3H3. The molecule has 0 aliphatic rings. The number of halogens is 1. The van der Waals surface area contributed by atoms with Gasteiger partial charge < -0.3 is 5.32 Å². The lowest BCUT2D eigenvalue weighted by molar-refractivity contribution is 1.29. The van der Waals surface area contributed by atoms with Crippen molar-refractivity contribution in [3.05, 3.63) is 27.7 Å². The molecule has 0 aliphatic carbocycles. The van der Waals surface area contributed by atoms with Crippen molar-refractivity contribution in [2.75, 3.05) is 11.9 Å². The summed E-state index contributed by atoms with van der Waals surface area (Å²) in [6, 6.07) is 4.27. The van der Waals surface area contributed by atoms with Crippen LogP contribution in [0.15, 0.2) is 16.6 Å². The second-order valence-corrected chi connectivity index (χ2v) is 4.07. The molecule has 0 aliphatic heterocycles. The maximum Gasteiger partial charge on any atom is 0.0766 e. The number of hydrogen-bond donors (Lipinski definition) is 1. The first-order chi connectivity index (χ1) is 6.65. The van der Waals surface area contributed by atoms with Gasteiger partial charge in [0.15, 0.2) is 0 Å². The van der Waals surface area contributed by atoms with Crippen LogP contribution in [0.1, 0.15) is 18.1 Å². The fraction of sp³-hybridized carbons (Fsp3) is 0.333. The van der Waals surface area contributed by atoms with Gasteiger partial charge in [-0.2, -0.15) is 0 Å². The third-order valence-corrected chi connectivity index (χ3v) is 2.59. The van der Waals surface area contributed by atoms with Crippen LogP contribution in [0.3, 0.4) is 0 Å². The Balaban J connectivity index is 2.89. The Hall–Kier alpha value is -0.940. The quantitative estimate of drug-likeness (QED) is 0.794. The topological polar surface area (TPSA) is 12.0 Å². The van der Waals surface area contributed by atoms with E-state index in [0.29, 0.717) is 6.54 Å². The van der Waals surface area contributed by atoms with E-state index < -0.39 is 0 Å². The zero-order valence-corrected chi connectivity index (χ0v) is 10.3. The molecule has 14 heavy (non-hydrogen) atoms. The van der Waals surface area contributed by atoms with Crippen LogP contribution >= 0.6 is 15.9 Å². The monoisotopic (exact) mass is 251 g/mol. The van der Waals surface area contributed by atoms with Gasteiger partial charge in [-0.1, -0.05) is 12.0 Å². The Morgan fingerprint density at radius 2 is 2.07 bits per heavy atom. The van der Waals surface area contributed by atoms with Crippen LogP contribution in [0, 0.1) is 25.7 Å². The summed E-state index contributed by atoms with van der Waals surface area (Å²) in [6.07, 6.45) is 0. The van der Waals surface area contributed by atoms with Gasteiger partial charge in [-0.05, 0) is 53.9 Å². The van der Waals surface area contributed by atoms with Crippen LogP contribution in [0.25, 0.3) is 0 Å². The SMILES string of the molecule is CC#CCNc1c(C)cc(C)cc1Br. The second kappa shape index (κ2) is 5.07. The molecule has 0 atom stereocenters. The molecule has 2 heteroatoms. The van der Waals surface area contributed by atoms with Crippen LogP contribution in [-0.4, -0.2) is 6.54 Å². The molecule has 0 amide bonds. The molecule has 74 valence electrons. The summed E-state index contributed by atoms with van der Waals surface area (Å²) in [4.78, 5) is 0. The largest absolute Gasteiger partial charge is 0.373 e. The minimum atomic E-state index is 0.693. The molecule has 0 saturated carbocycles. The highest BCUT2D eigenvalue weighted by atomic mass is 79.9. The molecule has 1 aromatic carbocycles. The van der Waals surface area contributed by atoms with Crippen molar-refractivity contribution in [2.45, 2.75) is 20.8 Å². The molecule has 0 heterocycles. The third kappa shape index (κ3) is 2.78. The van der Waals surface area contributed by atoms with Gasteiger partial charge >= 0.3 is 0 Å². The Morgan fingerprint density at radius 3 is 2.64 bits per heavy atom. The van der Waals surface area contributed by atoms with Gasteiger partial charge in [-0.3, -0.25) is 0 Å². The van der Waals surface area contributed by atoms with Gasteiger partial charge in [0.2, 0.25) is 0 Å². The van der Waals surface area contributed by atoms with Gasteiger partial charge in [-0.25, -0.2) is 0 Å². The van der Waals surface area contributed by atoms with Crippen LogP contribution in [0.4, 0.5) is 5.69 Å². The number of rotatable bonds is 2. The van der Waals surface area contributed by atoms with Crippen molar-refractivity contribution in [3.63, 3.8) is 0 Å². The maximum absolute atomic E-state index is 3.54.